The van der Waals surface area contributed by atoms with Gasteiger partial charge < -0.3 is 29.7 Å². The summed E-state index contributed by atoms with van der Waals surface area (Å²) in [4.78, 5) is 33.0. The lowest BCUT2D eigenvalue weighted by Crippen LogP contribution is -2.47. The average Bonchev–Trinajstić information content (AvgIpc) is 2.98. The van der Waals surface area contributed by atoms with Crippen molar-refractivity contribution in [1.82, 2.24) is 14.7 Å². The zero-order chi connectivity index (χ0) is 32.1. The maximum atomic E-state index is 14.3. The van der Waals surface area contributed by atoms with Crippen molar-refractivity contribution < 1.29 is 24.2 Å². The summed E-state index contributed by atoms with van der Waals surface area (Å²) in [6.07, 6.45) is 3.61. The monoisotopic (exact) mass is 610 g/mol. The number of hydrogen-bond donors (Lipinski definition) is 2. The van der Waals surface area contributed by atoms with E-state index >= 15 is 0 Å². The van der Waals surface area contributed by atoms with Gasteiger partial charge >= 0.3 is 0 Å². The Balaban J connectivity index is 1.87. The number of ether oxygens (including phenoxy) is 2. The van der Waals surface area contributed by atoms with Gasteiger partial charge in [0.05, 0.1) is 30.4 Å². The smallest absolute Gasteiger partial charge is 0.258 e. The van der Waals surface area contributed by atoms with E-state index in [4.69, 9.17) is 9.47 Å². The molecule has 0 bridgehead atoms. The minimum absolute atomic E-state index is 0.00279. The Morgan fingerprint density at radius 2 is 1.86 bits per heavy atom. The first kappa shape index (κ1) is 35.5. The quantitative estimate of drug-likeness (QED) is 0.374. The molecule has 0 radical (unpaired) electrons. The maximum Gasteiger partial charge on any atom is 0.258 e. The number of rotatable bonds is 11. The van der Waals surface area contributed by atoms with Gasteiger partial charge in [-0.3, -0.25) is 14.5 Å². The van der Waals surface area contributed by atoms with Crippen molar-refractivity contribution in [2.75, 3.05) is 59.3 Å². The van der Waals surface area contributed by atoms with E-state index in [0.717, 1.165) is 38.8 Å². The molecular weight excluding hydrogens is 556 g/mol. The number of benzene rings is 2. The molecule has 1 aliphatic heterocycles. The number of hydrogen-bond acceptors (Lipinski definition) is 7. The normalized spacial score (nSPS) is 21.0. The summed E-state index contributed by atoms with van der Waals surface area (Å²) in [5.41, 5.74) is 2.17. The second-order valence-corrected chi connectivity index (χ2v) is 12.6. The third-order valence-electron chi connectivity index (χ3n) is 8.13. The van der Waals surface area contributed by atoms with Crippen molar-refractivity contribution in [2.24, 2.45) is 5.92 Å². The molecule has 0 spiro atoms. The van der Waals surface area contributed by atoms with Crippen LogP contribution in [0.5, 0.6) is 5.75 Å². The molecule has 9 nitrogen and oxygen atoms in total. The molecule has 2 aromatic rings. The van der Waals surface area contributed by atoms with Gasteiger partial charge in [0.15, 0.2) is 0 Å². The van der Waals surface area contributed by atoms with Gasteiger partial charge in [-0.05, 0) is 91.0 Å². The van der Waals surface area contributed by atoms with Gasteiger partial charge in [-0.25, -0.2) is 0 Å². The molecule has 0 aliphatic carbocycles. The van der Waals surface area contributed by atoms with Gasteiger partial charge in [0.2, 0.25) is 5.91 Å². The molecule has 2 N–H and O–H groups in total. The maximum absolute atomic E-state index is 14.3. The molecule has 0 saturated carbocycles. The number of carbonyl (C=O) groups is 2. The predicted octanol–water partition coefficient (Wildman–Crippen LogP) is 4.89. The number of aliphatic hydroxyl groups excluding tert-OH is 1. The van der Waals surface area contributed by atoms with E-state index in [-0.39, 0.29) is 36.5 Å². The Kier molecular flexibility index (Phi) is 14.6. The molecule has 0 saturated heterocycles. The average molecular weight is 611 g/mol. The van der Waals surface area contributed by atoms with Crippen LogP contribution in [0.3, 0.4) is 0 Å². The van der Waals surface area contributed by atoms with Gasteiger partial charge in [0, 0.05) is 44.3 Å². The molecule has 0 unspecified atom stereocenters. The van der Waals surface area contributed by atoms with Crippen LogP contribution < -0.4 is 10.1 Å². The van der Waals surface area contributed by atoms with E-state index in [1.807, 2.05) is 51.0 Å². The van der Waals surface area contributed by atoms with Crippen molar-refractivity contribution >= 4 is 17.5 Å². The lowest BCUT2D eigenvalue weighted by Gasteiger charge is -2.36. The van der Waals surface area contributed by atoms with Gasteiger partial charge in [-0.15, -0.1) is 0 Å². The van der Waals surface area contributed by atoms with Crippen LogP contribution in [-0.2, 0) is 16.1 Å². The minimum Gasteiger partial charge on any atom is -0.490 e. The van der Waals surface area contributed by atoms with Crippen LogP contribution in [0.1, 0.15) is 68.8 Å². The van der Waals surface area contributed by atoms with E-state index in [1.54, 1.807) is 23.1 Å². The summed E-state index contributed by atoms with van der Waals surface area (Å²) in [6.45, 7) is 9.18. The van der Waals surface area contributed by atoms with Crippen LogP contribution in [0.25, 0.3) is 0 Å². The number of anilines is 1. The molecule has 0 aromatic heterocycles. The first-order chi connectivity index (χ1) is 21.1. The number of fused-ring (bicyclic) bond motifs is 1. The number of amides is 2. The summed E-state index contributed by atoms with van der Waals surface area (Å²) < 4.78 is 12.8. The van der Waals surface area contributed by atoms with Crippen molar-refractivity contribution in [1.29, 1.82) is 0 Å². The fourth-order valence-electron chi connectivity index (χ4n) is 5.51. The van der Waals surface area contributed by atoms with Crippen LogP contribution in [0.15, 0.2) is 48.5 Å². The molecule has 2 aromatic carbocycles. The Morgan fingerprint density at radius 1 is 1.11 bits per heavy atom. The Bertz CT molecular complexity index is 1160. The minimum atomic E-state index is -0.421. The zero-order valence-corrected chi connectivity index (χ0v) is 27.6. The van der Waals surface area contributed by atoms with Crippen molar-refractivity contribution in [3.05, 3.63) is 59.7 Å². The highest BCUT2D eigenvalue weighted by Crippen LogP contribution is 2.28. The van der Waals surface area contributed by atoms with Crippen LogP contribution in [0.4, 0.5) is 5.69 Å². The molecule has 1 aliphatic rings. The predicted molar refractivity (Wildman–Crippen MR) is 176 cm³/mol. The van der Waals surface area contributed by atoms with Gasteiger partial charge in [0.25, 0.3) is 5.91 Å². The van der Waals surface area contributed by atoms with E-state index in [9.17, 15) is 14.7 Å². The fraction of sp³-hybridized carbons (Fsp3) is 0.600. The number of carbonyl (C=O) groups excluding carboxylic acids is 2. The molecule has 44 heavy (non-hydrogen) atoms. The summed E-state index contributed by atoms with van der Waals surface area (Å²) >= 11 is 0. The first-order valence-corrected chi connectivity index (χ1v) is 16.1. The second-order valence-electron chi connectivity index (χ2n) is 12.6. The van der Waals surface area contributed by atoms with Crippen LogP contribution in [0, 0.1) is 5.92 Å². The summed E-state index contributed by atoms with van der Waals surface area (Å²) in [5.74, 6) is 0.154. The van der Waals surface area contributed by atoms with Crippen LogP contribution >= 0.6 is 0 Å². The molecule has 2 amide bonds. The SMILES string of the molecule is C[C@H](CO)N1C[C@H](C)[C@H](CN(C)Cc2ccccc2)OCCCC[C@H](C)Oc2ccc(NC(=O)CCCN(C)C)cc2C1=O. The van der Waals surface area contributed by atoms with Crippen molar-refractivity contribution in [3.63, 3.8) is 0 Å². The summed E-state index contributed by atoms with van der Waals surface area (Å²) in [5, 5.41) is 13.2. The van der Waals surface area contributed by atoms with Crippen LogP contribution in [-0.4, -0.2) is 104 Å². The number of likely N-dealkylation sites (N-methyl/N-ethyl adjacent to an activating group) is 1. The third-order valence-corrected chi connectivity index (χ3v) is 8.13. The van der Waals surface area contributed by atoms with Crippen molar-refractivity contribution in [2.45, 2.75) is 77.7 Å². The van der Waals surface area contributed by atoms with E-state index in [0.29, 0.717) is 43.1 Å². The summed E-state index contributed by atoms with van der Waals surface area (Å²) in [7, 11) is 6.06. The van der Waals surface area contributed by atoms with Gasteiger partial charge in [-0.2, -0.15) is 0 Å². The summed E-state index contributed by atoms with van der Waals surface area (Å²) in [6, 6.07) is 15.2. The molecule has 4 atom stereocenters. The lowest BCUT2D eigenvalue weighted by molar-refractivity contribution is -0.116. The van der Waals surface area contributed by atoms with E-state index in [1.165, 1.54) is 5.56 Å². The van der Waals surface area contributed by atoms with Crippen molar-refractivity contribution in [3.8, 4) is 5.75 Å². The molecule has 244 valence electrons. The molecule has 3 rings (SSSR count). The second kappa shape index (κ2) is 18.1. The number of nitrogens with one attached hydrogen (secondary N) is 1. The lowest BCUT2D eigenvalue weighted by atomic mass is 10.0. The van der Waals surface area contributed by atoms with E-state index in [2.05, 4.69) is 36.3 Å². The molecule has 0 fully saturated rings. The largest absolute Gasteiger partial charge is 0.490 e. The molecule has 9 heteroatoms. The Hall–Kier alpha value is -2.98. The standard InChI is InChI=1S/C35H54N4O5/c1-26-22-39(27(2)25-40)35(42)31-21-30(36-34(41)16-12-19-37(4)5)17-18-32(31)44-28(3)13-10-11-20-43-33(26)24-38(6)23-29-14-8-7-9-15-29/h7-9,14-15,17-18,21,26-28,33,40H,10-13,16,19-20,22-25H2,1-6H3,(H,36,41)/t26-,27+,28-,33-/m0/s1. The highest BCUT2D eigenvalue weighted by Gasteiger charge is 2.30. The van der Waals surface area contributed by atoms with Gasteiger partial charge in [-0.1, -0.05) is 37.3 Å². The van der Waals surface area contributed by atoms with Crippen LogP contribution in [0.2, 0.25) is 0 Å². The molecular formula is C35H54N4O5. The Morgan fingerprint density at radius 3 is 2.57 bits per heavy atom. The topological polar surface area (TPSA) is 94.6 Å². The van der Waals surface area contributed by atoms with Gasteiger partial charge in [0.1, 0.15) is 5.75 Å². The zero-order valence-electron chi connectivity index (χ0n) is 27.6. The molecule has 1 heterocycles. The van der Waals surface area contributed by atoms with E-state index < -0.39 is 6.04 Å². The first-order valence-electron chi connectivity index (χ1n) is 16.1. The fourth-order valence-corrected chi connectivity index (χ4v) is 5.51. The highest BCUT2D eigenvalue weighted by atomic mass is 16.5. The third kappa shape index (κ3) is 11.5. The number of aliphatic hydroxyl groups is 1. The highest BCUT2D eigenvalue weighted by molar-refractivity contribution is 5.99. The number of nitrogens with zero attached hydrogens (tertiary/aromatic N) is 3. The Labute approximate surface area is 264 Å².